The minimum atomic E-state index is -1.67. The SMILES string of the molecule is CCCCCCCCCCCCCCCC/C=C/CC/C=C/CC/C=C/CCCC(O)C(O)C(COC1OC(CO)C(O)C(O)C1O)NC(=O)C(O)CCCCCCCCCCCCCCCCCCCCCCCCCCCCC. The number of hydrogen-bond acceptors (Lipinski definition) is 10. The molecule has 11 nitrogen and oxygen atoms in total. The smallest absolute Gasteiger partial charge is 0.249 e. The molecule has 81 heavy (non-hydrogen) atoms. The van der Waals surface area contributed by atoms with Gasteiger partial charge in [-0.15, -0.1) is 0 Å². The van der Waals surface area contributed by atoms with Crippen LogP contribution in [0, 0.1) is 0 Å². The Morgan fingerprint density at radius 1 is 0.420 bits per heavy atom. The number of hydrogen-bond donors (Lipinski definition) is 8. The number of allylic oxidation sites excluding steroid dienone is 6. The zero-order chi connectivity index (χ0) is 58.9. The summed E-state index contributed by atoms with van der Waals surface area (Å²) in [5.74, 6) is -0.706. The quantitative estimate of drug-likeness (QED) is 0.0215. The Hall–Kier alpha value is -1.67. The summed E-state index contributed by atoms with van der Waals surface area (Å²) in [4.78, 5) is 13.2. The van der Waals surface area contributed by atoms with Gasteiger partial charge < -0.3 is 50.5 Å². The van der Waals surface area contributed by atoms with E-state index in [1.165, 1.54) is 244 Å². The van der Waals surface area contributed by atoms with Gasteiger partial charge in [0.2, 0.25) is 5.91 Å². The van der Waals surface area contributed by atoms with Crippen LogP contribution < -0.4 is 5.32 Å². The van der Waals surface area contributed by atoms with E-state index < -0.39 is 74.2 Å². The molecule has 0 saturated carbocycles. The molecule has 0 spiro atoms. The molecule has 0 radical (unpaired) electrons. The maximum absolute atomic E-state index is 13.2. The Morgan fingerprint density at radius 3 is 1.10 bits per heavy atom. The molecule has 1 heterocycles. The molecule has 1 amide bonds. The van der Waals surface area contributed by atoms with Crippen LogP contribution in [0.3, 0.4) is 0 Å². The monoisotopic (exact) mass is 1150 g/mol. The van der Waals surface area contributed by atoms with Gasteiger partial charge in [-0.3, -0.25) is 4.79 Å². The highest BCUT2D eigenvalue weighted by Crippen LogP contribution is 2.24. The number of unbranched alkanes of at least 4 members (excludes halogenated alkanes) is 43. The van der Waals surface area contributed by atoms with Crippen LogP contribution in [0.4, 0.5) is 0 Å². The topological polar surface area (TPSA) is 189 Å². The van der Waals surface area contributed by atoms with Gasteiger partial charge in [-0.2, -0.15) is 0 Å². The lowest BCUT2D eigenvalue weighted by atomic mass is 9.98. The molecule has 0 aliphatic carbocycles. The lowest BCUT2D eigenvalue weighted by Gasteiger charge is -2.40. The number of aliphatic hydroxyl groups is 7. The zero-order valence-corrected chi connectivity index (χ0v) is 52.8. The van der Waals surface area contributed by atoms with Crippen LogP contribution in [0.25, 0.3) is 0 Å². The largest absolute Gasteiger partial charge is 0.394 e. The maximum atomic E-state index is 13.2. The fraction of sp³-hybridized carbons (Fsp3) is 0.900. The third-order valence-electron chi connectivity index (χ3n) is 16.9. The highest BCUT2D eigenvalue weighted by molar-refractivity contribution is 5.80. The summed E-state index contributed by atoms with van der Waals surface area (Å²) in [6, 6.07) is -1.19. The minimum absolute atomic E-state index is 0.243. The molecule has 8 N–H and O–H groups in total. The van der Waals surface area contributed by atoms with Gasteiger partial charge in [-0.05, 0) is 64.2 Å². The highest BCUT2D eigenvalue weighted by atomic mass is 16.7. The van der Waals surface area contributed by atoms with Crippen LogP contribution in [0.5, 0.6) is 0 Å². The Kier molecular flexibility index (Phi) is 56.0. The molecule has 0 aromatic carbocycles. The summed E-state index contributed by atoms with van der Waals surface area (Å²) in [7, 11) is 0. The summed E-state index contributed by atoms with van der Waals surface area (Å²) in [5.41, 5.74) is 0. The van der Waals surface area contributed by atoms with Crippen molar-refractivity contribution in [1.29, 1.82) is 0 Å². The molecule has 1 saturated heterocycles. The van der Waals surface area contributed by atoms with Gasteiger partial charge in [0, 0.05) is 0 Å². The van der Waals surface area contributed by atoms with Crippen LogP contribution in [0.2, 0.25) is 0 Å². The molecular formula is C70H133NO10. The van der Waals surface area contributed by atoms with E-state index in [9.17, 15) is 40.5 Å². The molecule has 9 unspecified atom stereocenters. The van der Waals surface area contributed by atoms with Crippen molar-refractivity contribution in [3.8, 4) is 0 Å². The standard InChI is InChI=1S/C70H133NO10/c1-3-5-7-9-11-13-15-17-19-21-23-25-27-29-31-33-35-37-39-41-43-45-47-49-51-53-55-57-62(73)65(75)61(60-80-70-68(78)67(77)66(76)64(59-72)81-70)71-69(79)63(74)58-56-54-52-50-48-46-44-42-40-38-36-34-32-30-28-26-24-22-20-18-16-14-12-10-8-6-4-2/h33,35,41,43,49,51,61-68,70,72-78H,3-32,34,36-40,42,44-48,50,52-60H2,1-2H3,(H,71,79)/b35-33+,43-41+,51-49+. The van der Waals surface area contributed by atoms with Gasteiger partial charge in [0.25, 0.3) is 0 Å². The first kappa shape index (κ1) is 77.3. The van der Waals surface area contributed by atoms with Crippen molar-refractivity contribution < 1.29 is 50.0 Å². The predicted octanol–water partition coefficient (Wildman–Crippen LogP) is 16.6. The molecule has 11 heteroatoms. The normalized spacial score (nSPS) is 19.3. The molecule has 1 aliphatic rings. The van der Waals surface area contributed by atoms with Crippen molar-refractivity contribution in [1.82, 2.24) is 5.32 Å². The number of carbonyl (C=O) groups excluding carboxylic acids is 1. The predicted molar refractivity (Wildman–Crippen MR) is 339 cm³/mol. The second-order valence-electron chi connectivity index (χ2n) is 24.6. The van der Waals surface area contributed by atoms with E-state index in [0.29, 0.717) is 19.3 Å². The number of rotatable bonds is 61. The average molecular weight is 1150 g/mol. The molecule has 1 aliphatic heterocycles. The Labute approximate surface area is 498 Å². The minimum Gasteiger partial charge on any atom is -0.394 e. The second kappa shape index (κ2) is 58.7. The van der Waals surface area contributed by atoms with E-state index in [-0.39, 0.29) is 12.8 Å². The molecule has 478 valence electrons. The third kappa shape index (κ3) is 46.3. The van der Waals surface area contributed by atoms with Gasteiger partial charge in [-0.1, -0.05) is 307 Å². The van der Waals surface area contributed by atoms with Crippen molar-refractivity contribution in [2.45, 2.75) is 390 Å². The van der Waals surface area contributed by atoms with Crippen molar-refractivity contribution in [3.05, 3.63) is 36.5 Å². The fourth-order valence-corrected chi connectivity index (χ4v) is 11.3. The van der Waals surface area contributed by atoms with Crippen LogP contribution in [0.15, 0.2) is 36.5 Å². The number of carbonyl (C=O) groups is 1. The van der Waals surface area contributed by atoms with Crippen molar-refractivity contribution >= 4 is 5.91 Å². The first-order chi connectivity index (χ1) is 39.7. The lowest BCUT2D eigenvalue weighted by Crippen LogP contribution is -2.60. The molecule has 0 aromatic heterocycles. The Balaban J connectivity index is 2.24. The van der Waals surface area contributed by atoms with Crippen LogP contribution in [-0.4, -0.2) is 110 Å². The summed E-state index contributed by atoms with van der Waals surface area (Å²) in [6.07, 6.45) is 63.7. The number of ether oxygens (including phenoxy) is 2. The average Bonchev–Trinajstić information content (AvgIpc) is 3.49. The van der Waals surface area contributed by atoms with E-state index in [2.05, 4.69) is 55.6 Å². The molecule has 1 rings (SSSR count). The molecule has 9 atom stereocenters. The number of amides is 1. The number of aliphatic hydroxyl groups excluding tert-OH is 7. The van der Waals surface area contributed by atoms with E-state index in [0.717, 1.165) is 44.9 Å². The van der Waals surface area contributed by atoms with Crippen molar-refractivity contribution in [2.24, 2.45) is 0 Å². The summed E-state index contributed by atoms with van der Waals surface area (Å²) < 4.78 is 11.2. The van der Waals surface area contributed by atoms with Crippen LogP contribution >= 0.6 is 0 Å². The van der Waals surface area contributed by atoms with Crippen LogP contribution in [-0.2, 0) is 14.3 Å². The van der Waals surface area contributed by atoms with Crippen molar-refractivity contribution in [2.75, 3.05) is 13.2 Å². The summed E-state index contributed by atoms with van der Waals surface area (Å²) in [6.45, 7) is 3.49. The number of nitrogens with one attached hydrogen (secondary N) is 1. The highest BCUT2D eigenvalue weighted by Gasteiger charge is 2.44. The summed E-state index contributed by atoms with van der Waals surface area (Å²) in [5, 5.41) is 76.4. The van der Waals surface area contributed by atoms with E-state index in [4.69, 9.17) is 9.47 Å². The summed E-state index contributed by atoms with van der Waals surface area (Å²) >= 11 is 0. The molecule has 1 fully saturated rings. The van der Waals surface area contributed by atoms with E-state index in [1.54, 1.807) is 0 Å². The first-order valence-corrected chi connectivity index (χ1v) is 34.9. The maximum Gasteiger partial charge on any atom is 0.249 e. The van der Waals surface area contributed by atoms with Gasteiger partial charge in [0.1, 0.15) is 36.6 Å². The van der Waals surface area contributed by atoms with Gasteiger partial charge in [-0.25, -0.2) is 0 Å². The first-order valence-electron chi connectivity index (χ1n) is 34.9. The Bertz CT molecular complexity index is 1410. The second-order valence-corrected chi connectivity index (χ2v) is 24.6. The van der Waals surface area contributed by atoms with Crippen LogP contribution in [0.1, 0.15) is 335 Å². The lowest BCUT2D eigenvalue weighted by molar-refractivity contribution is -0.303. The van der Waals surface area contributed by atoms with E-state index in [1.807, 2.05) is 0 Å². The zero-order valence-electron chi connectivity index (χ0n) is 52.8. The van der Waals surface area contributed by atoms with Gasteiger partial charge in [0.15, 0.2) is 6.29 Å². The fourth-order valence-electron chi connectivity index (χ4n) is 11.3. The van der Waals surface area contributed by atoms with E-state index >= 15 is 0 Å². The van der Waals surface area contributed by atoms with Gasteiger partial charge >= 0.3 is 0 Å². The molecule has 0 bridgehead atoms. The molecule has 0 aromatic rings. The van der Waals surface area contributed by atoms with Gasteiger partial charge in [0.05, 0.1) is 25.4 Å². The van der Waals surface area contributed by atoms with Crippen molar-refractivity contribution in [3.63, 3.8) is 0 Å². The Morgan fingerprint density at radius 2 is 0.741 bits per heavy atom. The molecular weight excluding hydrogens is 1010 g/mol. The third-order valence-corrected chi connectivity index (χ3v) is 16.9.